The van der Waals surface area contributed by atoms with E-state index in [1.54, 1.807) is 4.90 Å². The minimum atomic E-state index is -1.08. The van der Waals surface area contributed by atoms with Crippen molar-refractivity contribution in [1.82, 2.24) is 9.80 Å². The molecule has 0 aromatic heterocycles. The summed E-state index contributed by atoms with van der Waals surface area (Å²) in [5, 5.41) is 0. The first-order chi connectivity index (χ1) is 12.5. The summed E-state index contributed by atoms with van der Waals surface area (Å²) in [4.78, 5) is 28.5. The number of benzene rings is 1. The van der Waals surface area contributed by atoms with Gasteiger partial charge in [-0.05, 0) is 37.8 Å². The minimum absolute atomic E-state index is 0.126. The quantitative estimate of drug-likeness (QED) is 0.819. The Labute approximate surface area is 153 Å². The fraction of sp³-hybridized carbons (Fsp3) is 0.600. The van der Waals surface area contributed by atoms with Crippen LogP contribution >= 0.6 is 0 Å². The third-order valence-electron chi connectivity index (χ3n) is 5.66. The van der Waals surface area contributed by atoms with Gasteiger partial charge in [-0.3, -0.25) is 9.59 Å². The number of piperidine rings is 2. The minimum Gasteiger partial charge on any atom is -0.342 e. The highest BCUT2D eigenvalue weighted by Gasteiger charge is 2.42. The van der Waals surface area contributed by atoms with Gasteiger partial charge in [0, 0.05) is 38.0 Å². The lowest BCUT2D eigenvalue weighted by molar-refractivity contribution is -0.139. The van der Waals surface area contributed by atoms with Crippen LogP contribution in [0.1, 0.15) is 55.8 Å². The van der Waals surface area contributed by atoms with Crippen LogP contribution < -0.4 is 0 Å². The molecule has 1 aromatic carbocycles. The van der Waals surface area contributed by atoms with E-state index < -0.39 is 17.5 Å². The Morgan fingerprint density at radius 2 is 2.04 bits per heavy atom. The van der Waals surface area contributed by atoms with E-state index in [0.717, 1.165) is 44.7 Å². The van der Waals surface area contributed by atoms with Gasteiger partial charge >= 0.3 is 0 Å². The van der Waals surface area contributed by atoms with Gasteiger partial charge in [-0.2, -0.15) is 0 Å². The Morgan fingerprint density at radius 3 is 2.81 bits per heavy atom. The van der Waals surface area contributed by atoms with Crippen LogP contribution in [0.25, 0.3) is 0 Å². The Hall–Kier alpha value is -1.98. The molecule has 0 bridgehead atoms. The molecule has 1 atom stereocenters. The second-order valence-electron chi connectivity index (χ2n) is 7.60. The molecule has 0 aliphatic carbocycles. The van der Waals surface area contributed by atoms with E-state index in [-0.39, 0.29) is 16.9 Å². The van der Waals surface area contributed by atoms with Crippen LogP contribution in [0.3, 0.4) is 0 Å². The van der Waals surface area contributed by atoms with E-state index in [0.29, 0.717) is 26.1 Å². The highest BCUT2D eigenvalue weighted by atomic mass is 19.2. The standard InChI is InChI=1S/C20H26F2N2O2/c1-2-3-11-23-13-20(10-8-17(23)25)9-5-12-24(14-20)19(26)15-6-4-7-16(21)18(15)22/h4,6-7H,2-3,5,8-14H2,1H3/t20-/m1/s1. The number of nitrogens with zero attached hydrogens (tertiary/aromatic N) is 2. The SMILES string of the molecule is CCCCN1C[C@@]2(CCCN(C(=O)c3cccc(F)c3F)C2)CCC1=O. The largest absolute Gasteiger partial charge is 0.342 e. The van der Waals surface area contributed by atoms with Crippen molar-refractivity contribution in [2.75, 3.05) is 26.2 Å². The van der Waals surface area contributed by atoms with Gasteiger partial charge in [-0.25, -0.2) is 8.78 Å². The average molecular weight is 364 g/mol. The number of unbranched alkanes of at least 4 members (excludes halogenated alkanes) is 1. The first-order valence-electron chi connectivity index (χ1n) is 9.47. The van der Waals surface area contributed by atoms with Gasteiger partial charge in [0.05, 0.1) is 5.56 Å². The molecule has 2 saturated heterocycles. The molecule has 142 valence electrons. The molecule has 26 heavy (non-hydrogen) atoms. The Balaban J connectivity index is 1.75. The van der Waals surface area contributed by atoms with Gasteiger partial charge < -0.3 is 9.80 Å². The topological polar surface area (TPSA) is 40.6 Å². The predicted molar refractivity (Wildman–Crippen MR) is 94.7 cm³/mol. The molecule has 4 nitrogen and oxygen atoms in total. The molecule has 1 spiro atoms. The third-order valence-corrected chi connectivity index (χ3v) is 5.66. The van der Waals surface area contributed by atoms with E-state index in [2.05, 4.69) is 6.92 Å². The van der Waals surface area contributed by atoms with Crippen LogP contribution in [0.2, 0.25) is 0 Å². The van der Waals surface area contributed by atoms with Crippen molar-refractivity contribution in [2.45, 2.75) is 45.4 Å². The van der Waals surface area contributed by atoms with Crippen LogP contribution in [0.4, 0.5) is 8.78 Å². The Bertz CT molecular complexity index is 694. The fourth-order valence-corrected chi connectivity index (χ4v) is 4.21. The number of amides is 2. The van der Waals surface area contributed by atoms with Crippen molar-refractivity contribution >= 4 is 11.8 Å². The summed E-state index contributed by atoms with van der Waals surface area (Å²) in [5.74, 6) is -2.36. The van der Waals surface area contributed by atoms with Crippen LogP contribution in [-0.4, -0.2) is 47.8 Å². The molecule has 1 aromatic rings. The summed E-state index contributed by atoms with van der Waals surface area (Å²) in [6.45, 7) is 4.54. The van der Waals surface area contributed by atoms with Gasteiger partial charge in [-0.15, -0.1) is 0 Å². The molecule has 0 saturated carbocycles. The second-order valence-corrected chi connectivity index (χ2v) is 7.60. The molecular formula is C20H26F2N2O2. The monoisotopic (exact) mass is 364 g/mol. The van der Waals surface area contributed by atoms with Crippen molar-refractivity contribution in [3.63, 3.8) is 0 Å². The predicted octanol–water partition coefficient (Wildman–Crippen LogP) is 3.61. The molecule has 2 aliphatic rings. The maximum Gasteiger partial charge on any atom is 0.256 e. The number of carbonyl (C=O) groups excluding carboxylic acids is 2. The van der Waals surface area contributed by atoms with Gasteiger partial charge in [0.2, 0.25) is 5.91 Å². The summed E-state index contributed by atoms with van der Waals surface area (Å²) in [5.41, 5.74) is -0.337. The van der Waals surface area contributed by atoms with Gasteiger partial charge in [0.15, 0.2) is 11.6 Å². The number of halogens is 2. The maximum absolute atomic E-state index is 14.0. The zero-order valence-corrected chi connectivity index (χ0v) is 15.3. The zero-order chi connectivity index (χ0) is 18.7. The molecule has 2 aliphatic heterocycles. The molecule has 6 heteroatoms. The van der Waals surface area contributed by atoms with Crippen molar-refractivity contribution in [3.05, 3.63) is 35.4 Å². The molecule has 0 unspecified atom stereocenters. The van der Waals surface area contributed by atoms with Crippen molar-refractivity contribution in [3.8, 4) is 0 Å². The number of hydrogen-bond donors (Lipinski definition) is 0. The highest BCUT2D eigenvalue weighted by Crippen LogP contribution is 2.39. The van der Waals surface area contributed by atoms with E-state index in [1.165, 1.54) is 12.1 Å². The van der Waals surface area contributed by atoms with Crippen LogP contribution in [0.15, 0.2) is 18.2 Å². The highest BCUT2D eigenvalue weighted by molar-refractivity contribution is 5.94. The van der Waals surface area contributed by atoms with Crippen LogP contribution in [-0.2, 0) is 4.79 Å². The van der Waals surface area contributed by atoms with E-state index in [1.807, 2.05) is 4.90 Å². The first-order valence-corrected chi connectivity index (χ1v) is 9.47. The van der Waals surface area contributed by atoms with Crippen LogP contribution in [0, 0.1) is 17.0 Å². The normalized spacial score (nSPS) is 23.6. The number of carbonyl (C=O) groups is 2. The lowest BCUT2D eigenvalue weighted by atomic mass is 9.73. The summed E-state index contributed by atoms with van der Waals surface area (Å²) in [7, 11) is 0. The zero-order valence-electron chi connectivity index (χ0n) is 15.3. The van der Waals surface area contributed by atoms with Gasteiger partial charge in [0.25, 0.3) is 5.91 Å². The van der Waals surface area contributed by atoms with Gasteiger partial charge in [0.1, 0.15) is 0 Å². The third kappa shape index (κ3) is 3.74. The molecule has 0 radical (unpaired) electrons. The van der Waals surface area contributed by atoms with E-state index >= 15 is 0 Å². The smallest absolute Gasteiger partial charge is 0.256 e. The number of hydrogen-bond acceptors (Lipinski definition) is 2. The molecular weight excluding hydrogens is 338 g/mol. The van der Waals surface area contributed by atoms with Crippen molar-refractivity contribution < 1.29 is 18.4 Å². The summed E-state index contributed by atoms with van der Waals surface area (Å²) >= 11 is 0. The average Bonchev–Trinajstić information content (AvgIpc) is 2.64. The Morgan fingerprint density at radius 1 is 1.23 bits per heavy atom. The molecule has 0 N–H and O–H groups in total. The molecule has 3 rings (SSSR count). The summed E-state index contributed by atoms with van der Waals surface area (Å²) in [6, 6.07) is 3.71. The first kappa shape index (κ1) is 18.8. The molecule has 2 fully saturated rings. The fourth-order valence-electron chi connectivity index (χ4n) is 4.21. The lowest BCUT2D eigenvalue weighted by Crippen LogP contribution is -2.55. The number of likely N-dealkylation sites (tertiary alicyclic amines) is 2. The van der Waals surface area contributed by atoms with Crippen molar-refractivity contribution in [1.29, 1.82) is 0 Å². The molecule has 2 amide bonds. The van der Waals surface area contributed by atoms with E-state index in [4.69, 9.17) is 0 Å². The maximum atomic E-state index is 14.0. The summed E-state index contributed by atoms with van der Waals surface area (Å²) in [6.07, 6.45) is 5.03. The second kappa shape index (κ2) is 7.72. The lowest BCUT2D eigenvalue weighted by Gasteiger charge is -2.48. The van der Waals surface area contributed by atoms with Crippen molar-refractivity contribution in [2.24, 2.45) is 5.41 Å². The van der Waals surface area contributed by atoms with Gasteiger partial charge in [-0.1, -0.05) is 19.4 Å². The number of rotatable bonds is 4. The van der Waals surface area contributed by atoms with Crippen LogP contribution in [0.5, 0.6) is 0 Å². The summed E-state index contributed by atoms with van der Waals surface area (Å²) < 4.78 is 27.5. The molecule has 2 heterocycles. The van der Waals surface area contributed by atoms with E-state index in [9.17, 15) is 18.4 Å². The Kier molecular flexibility index (Phi) is 5.58.